The number of imidazole rings is 2. The smallest absolute Gasteiger partial charge is 0.181 e. The predicted molar refractivity (Wildman–Crippen MR) is 262 cm³/mol. The number of hydrogen-bond acceptors (Lipinski definition) is 14. The van der Waals surface area contributed by atoms with E-state index in [1.165, 1.54) is 55.4 Å². The lowest BCUT2D eigenvalue weighted by Gasteiger charge is -2.25. The lowest BCUT2D eigenvalue weighted by Crippen LogP contribution is -2.29. The highest BCUT2D eigenvalue weighted by Crippen LogP contribution is 2.34. The van der Waals surface area contributed by atoms with Crippen molar-refractivity contribution in [2.45, 2.75) is 91.0 Å². The van der Waals surface area contributed by atoms with Crippen molar-refractivity contribution in [1.29, 1.82) is 0 Å². The normalized spacial score (nSPS) is 13.9. The molecule has 0 aliphatic carbocycles. The molecule has 1 aliphatic rings. The van der Waals surface area contributed by atoms with Crippen LogP contribution in [0.25, 0.3) is 11.3 Å². The van der Waals surface area contributed by atoms with Crippen molar-refractivity contribution in [3.05, 3.63) is 67.1 Å². The molecule has 1 aliphatic heterocycles. The van der Waals surface area contributed by atoms with Crippen LogP contribution in [0.15, 0.2) is 36.9 Å². The van der Waals surface area contributed by atoms with Gasteiger partial charge in [0.15, 0.2) is 29.2 Å². The van der Waals surface area contributed by atoms with Crippen molar-refractivity contribution in [2.75, 3.05) is 49.6 Å². The maximum Gasteiger partial charge on any atom is 0.181 e. The molecule has 6 aromatic heterocycles. The number of fused-ring (bicyclic) bond motifs is 2. The van der Waals surface area contributed by atoms with Crippen LogP contribution >= 0.6 is 68.2 Å². The van der Waals surface area contributed by atoms with Gasteiger partial charge in [0.05, 0.1) is 29.5 Å². The van der Waals surface area contributed by atoms with Crippen LogP contribution in [0.1, 0.15) is 46.8 Å². The molecule has 20 heteroatoms. The molecule has 7 rings (SSSR count). The summed E-state index contributed by atoms with van der Waals surface area (Å²) in [7, 11) is -2.32. The van der Waals surface area contributed by atoms with Crippen molar-refractivity contribution in [1.82, 2.24) is 42.4 Å². The third-order valence-corrected chi connectivity index (χ3v) is 16.3. The molecule has 0 saturated carbocycles. The van der Waals surface area contributed by atoms with Gasteiger partial charge in [-0.1, -0.05) is 45.7 Å². The Hall–Kier alpha value is -2.46. The van der Waals surface area contributed by atoms with E-state index in [2.05, 4.69) is 119 Å². The quantitative estimate of drug-likeness (QED) is 0.0283. The Morgan fingerprint density at radius 1 is 0.746 bits per heavy atom. The van der Waals surface area contributed by atoms with Crippen LogP contribution in [0, 0.1) is 21.2 Å². The zero-order chi connectivity index (χ0) is 42.3. The van der Waals surface area contributed by atoms with E-state index in [4.69, 9.17) is 23.8 Å². The molecule has 0 radical (unpaired) electrons. The number of aromatic nitrogens is 8. The number of likely N-dealkylation sites (tertiary alicyclic amines) is 1. The molecular weight excluding hydrogens is 1040 g/mol. The average Bonchev–Trinajstić information content (AvgIpc) is 4.00. The Morgan fingerprint density at radius 2 is 1.24 bits per heavy atom. The van der Waals surface area contributed by atoms with E-state index in [0.717, 1.165) is 83.1 Å². The van der Waals surface area contributed by atoms with Gasteiger partial charge in [0.2, 0.25) is 0 Å². The van der Waals surface area contributed by atoms with Gasteiger partial charge < -0.3 is 9.47 Å². The molecule has 14 nitrogen and oxygen atoms in total. The molecule has 0 amide bonds. The van der Waals surface area contributed by atoms with Crippen LogP contribution in [0.5, 0.6) is 0 Å². The first-order valence-corrected chi connectivity index (χ1v) is 31.0. The number of aryl methyl sites for hydroxylation is 2. The first-order valence-electron chi connectivity index (χ1n) is 19.9. The number of halogens is 2. The molecular formula is C39H55I2N11O3S2Si2. The Morgan fingerprint density at radius 3 is 1.71 bits per heavy atom. The van der Waals surface area contributed by atoms with E-state index >= 15 is 0 Å². The summed E-state index contributed by atoms with van der Waals surface area (Å²) in [5.74, 6) is 1.53. The van der Waals surface area contributed by atoms with Gasteiger partial charge in [-0.3, -0.25) is 28.3 Å². The van der Waals surface area contributed by atoms with Crippen molar-refractivity contribution < 1.29 is 14.3 Å². The van der Waals surface area contributed by atoms with E-state index in [1.807, 2.05) is 47.9 Å². The summed E-state index contributed by atoms with van der Waals surface area (Å²) in [5, 5.41) is 1.87. The number of nitrogens with zero attached hydrogens (tertiary/aromatic N) is 11. The van der Waals surface area contributed by atoms with Crippen LogP contribution in [0.4, 0.5) is 21.6 Å². The molecule has 318 valence electrons. The summed E-state index contributed by atoms with van der Waals surface area (Å²) < 4.78 is 27.3. The maximum atomic E-state index is 11.1. The van der Waals surface area contributed by atoms with Crippen molar-refractivity contribution >= 4 is 124 Å². The van der Waals surface area contributed by atoms with Gasteiger partial charge in [0.1, 0.15) is 36.6 Å². The lowest BCUT2D eigenvalue weighted by atomic mass is 10.1. The predicted octanol–water partition coefficient (Wildman–Crippen LogP) is 9.90. The summed E-state index contributed by atoms with van der Waals surface area (Å²) in [6.45, 7) is 23.6. The molecule has 1 fully saturated rings. The molecule has 0 spiro atoms. The van der Waals surface area contributed by atoms with E-state index in [0.29, 0.717) is 31.6 Å². The van der Waals surface area contributed by atoms with Crippen molar-refractivity contribution in [3.8, 4) is 0 Å². The minimum absolute atomic E-state index is 0.334. The first kappa shape index (κ1) is 46.1. The second-order valence-electron chi connectivity index (χ2n) is 17.2. The van der Waals surface area contributed by atoms with E-state index in [-0.39, 0.29) is 0 Å². The number of carbonyl (C=O) groups excluding carboxylic acids is 1. The fourth-order valence-corrected chi connectivity index (χ4v) is 10.3. The minimum Gasteiger partial charge on any atom is -0.361 e. The standard InChI is InChI=1S/C22H33IN6OSSi.C17H22IN5O2SSi/c1-17-14-28-19(23)13-24-21(28)22(25-17)29(16-30-10-11-32(2,3)4)20-12-18(26-31-20)15-27-8-6-5-7-9-27;1-12-9-22-14(18)8-19-16(22)17(20-12)23(11-25-5-6-27(2,3)4)15-7-13(10-24)21-26-15/h12-14H,5-11,15-16H2,1-4H3;7-10H,5-6,11H2,1-4H3. The van der Waals surface area contributed by atoms with Gasteiger partial charge in [-0.25, -0.2) is 19.9 Å². The van der Waals surface area contributed by atoms with Crippen LogP contribution in [0.3, 0.4) is 0 Å². The molecule has 7 heterocycles. The van der Waals surface area contributed by atoms with E-state index in [9.17, 15) is 4.79 Å². The van der Waals surface area contributed by atoms with Crippen molar-refractivity contribution in [3.63, 3.8) is 0 Å². The Bertz CT molecular complexity index is 2320. The summed E-state index contributed by atoms with van der Waals surface area (Å²) in [6, 6.07) is 6.19. The molecule has 0 aromatic carbocycles. The zero-order valence-corrected chi connectivity index (χ0v) is 43.2. The number of anilines is 4. The van der Waals surface area contributed by atoms with E-state index < -0.39 is 16.1 Å². The third kappa shape index (κ3) is 12.8. The highest BCUT2D eigenvalue weighted by Gasteiger charge is 2.24. The highest BCUT2D eigenvalue weighted by molar-refractivity contribution is 14.1. The van der Waals surface area contributed by atoms with Crippen LogP contribution in [-0.2, 0) is 16.0 Å². The third-order valence-electron chi connectivity index (χ3n) is 9.59. The summed E-state index contributed by atoms with van der Waals surface area (Å²) >= 11 is 7.35. The molecule has 1 saturated heterocycles. The summed E-state index contributed by atoms with van der Waals surface area (Å²) in [6.07, 6.45) is 12.4. The summed E-state index contributed by atoms with van der Waals surface area (Å²) in [4.78, 5) is 36.4. The Labute approximate surface area is 384 Å². The monoisotopic (exact) mass is 1100 g/mol. The van der Waals surface area contributed by atoms with Crippen LogP contribution < -0.4 is 9.80 Å². The molecule has 0 atom stereocenters. The number of hydrogen-bond donors (Lipinski definition) is 0. The SMILES string of the molecule is Cc1cn2c(I)cnc2c(N(COCC[Si](C)(C)C)c2cc(C=O)ns2)n1.Cc1cn2c(I)cnc2c(N(COCC[Si](C)(C)C)c2cc(CN3CCCCC3)ns2)n1. The Balaban J connectivity index is 0.000000201. The van der Waals surface area contributed by atoms with Crippen molar-refractivity contribution in [2.24, 2.45) is 0 Å². The fourth-order valence-electron chi connectivity index (χ4n) is 6.32. The van der Waals surface area contributed by atoms with Gasteiger partial charge >= 0.3 is 0 Å². The highest BCUT2D eigenvalue weighted by atomic mass is 127. The number of ether oxygens (including phenoxy) is 2. The molecule has 0 N–H and O–H groups in total. The zero-order valence-electron chi connectivity index (χ0n) is 35.2. The largest absolute Gasteiger partial charge is 0.361 e. The van der Waals surface area contributed by atoms with E-state index in [1.54, 1.807) is 6.07 Å². The Kier molecular flexibility index (Phi) is 16.1. The van der Waals surface area contributed by atoms with Gasteiger partial charge in [0.25, 0.3) is 0 Å². The summed E-state index contributed by atoms with van der Waals surface area (Å²) in [5.41, 5.74) is 4.96. The average molecular weight is 1100 g/mol. The van der Waals surface area contributed by atoms with Gasteiger partial charge in [0, 0.05) is 54.4 Å². The number of carbonyl (C=O) groups is 1. The van der Waals surface area contributed by atoms with Gasteiger partial charge in [-0.2, -0.15) is 8.75 Å². The minimum atomic E-state index is -1.17. The number of aldehydes is 1. The second-order valence-corrected chi connectivity index (χ2v) is 32.2. The van der Waals surface area contributed by atoms with Gasteiger partial charge in [-0.05, 0) is 126 Å². The van der Waals surface area contributed by atoms with Crippen LogP contribution in [0.2, 0.25) is 51.4 Å². The van der Waals surface area contributed by atoms with Gasteiger partial charge in [-0.15, -0.1) is 0 Å². The first-order chi connectivity index (χ1) is 28.1. The lowest BCUT2D eigenvalue weighted by molar-refractivity contribution is 0.112. The maximum absolute atomic E-state index is 11.1. The molecule has 6 aromatic rings. The molecule has 59 heavy (non-hydrogen) atoms. The van der Waals surface area contributed by atoms with Crippen LogP contribution in [-0.4, -0.2) is 105 Å². The molecule has 0 bridgehead atoms. The second kappa shape index (κ2) is 20.6. The molecule has 0 unspecified atom stereocenters. The number of rotatable bonds is 17. The topological polar surface area (TPSA) is 131 Å². The fraction of sp³-hybridized carbons (Fsp3) is 0.513. The number of piperidine rings is 1.